The summed E-state index contributed by atoms with van der Waals surface area (Å²) in [6, 6.07) is 6.89. The summed E-state index contributed by atoms with van der Waals surface area (Å²) >= 11 is 7.38. The molecule has 0 saturated carbocycles. The van der Waals surface area contributed by atoms with Gasteiger partial charge in [0, 0.05) is 28.1 Å². The van der Waals surface area contributed by atoms with Crippen molar-refractivity contribution in [1.29, 1.82) is 0 Å². The fraction of sp³-hybridized carbons (Fsp3) is 0.600. The van der Waals surface area contributed by atoms with Crippen molar-refractivity contribution >= 4 is 37.5 Å². The first kappa shape index (κ1) is 15.3. The van der Waals surface area contributed by atoms with Gasteiger partial charge in [-0.2, -0.15) is 0 Å². The van der Waals surface area contributed by atoms with E-state index in [4.69, 9.17) is 0 Å². The molecular weight excluding hydrogens is 368 g/mol. The SMILES string of the molecule is CCC(C)C1CN(c2c(Br)cccc2Br)CCCN1. The van der Waals surface area contributed by atoms with E-state index in [1.165, 1.54) is 27.5 Å². The molecule has 106 valence electrons. The smallest absolute Gasteiger partial charge is 0.0655 e. The molecule has 0 radical (unpaired) electrons. The molecule has 1 aliphatic heterocycles. The number of benzene rings is 1. The summed E-state index contributed by atoms with van der Waals surface area (Å²) in [5.41, 5.74) is 1.29. The molecule has 0 bridgehead atoms. The van der Waals surface area contributed by atoms with Crippen LogP contribution in [0.1, 0.15) is 26.7 Å². The second kappa shape index (κ2) is 7.09. The highest BCUT2D eigenvalue weighted by Gasteiger charge is 2.23. The summed E-state index contributed by atoms with van der Waals surface area (Å²) in [4.78, 5) is 2.50. The monoisotopic (exact) mass is 388 g/mol. The molecule has 2 unspecified atom stereocenters. The zero-order chi connectivity index (χ0) is 13.8. The van der Waals surface area contributed by atoms with Gasteiger partial charge in [-0.15, -0.1) is 0 Å². The minimum absolute atomic E-state index is 0.575. The lowest BCUT2D eigenvalue weighted by Crippen LogP contribution is -2.42. The number of hydrogen-bond donors (Lipinski definition) is 1. The molecule has 2 atom stereocenters. The van der Waals surface area contributed by atoms with E-state index in [-0.39, 0.29) is 0 Å². The lowest BCUT2D eigenvalue weighted by atomic mass is 9.99. The lowest BCUT2D eigenvalue weighted by Gasteiger charge is -2.30. The van der Waals surface area contributed by atoms with Crippen molar-refractivity contribution in [1.82, 2.24) is 5.32 Å². The molecule has 0 amide bonds. The largest absolute Gasteiger partial charge is 0.368 e. The summed E-state index contributed by atoms with van der Waals surface area (Å²) in [6.07, 6.45) is 2.42. The highest BCUT2D eigenvalue weighted by atomic mass is 79.9. The molecule has 0 aromatic heterocycles. The molecule has 4 heteroatoms. The third-order valence-corrected chi connectivity index (χ3v) is 5.29. The van der Waals surface area contributed by atoms with E-state index in [0.717, 1.165) is 19.6 Å². The third-order valence-electron chi connectivity index (χ3n) is 4.01. The van der Waals surface area contributed by atoms with Crippen LogP contribution in [0.25, 0.3) is 0 Å². The van der Waals surface area contributed by atoms with Crippen LogP contribution in [0.5, 0.6) is 0 Å². The molecule has 0 aliphatic carbocycles. The van der Waals surface area contributed by atoms with Gasteiger partial charge in [0.1, 0.15) is 0 Å². The number of rotatable bonds is 3. The summed E-state index contributed by atoms with van der Waals surface area (Å²) in [5.74, 6) is 0.710. The number of hydrogen-bond acceptors (Lipinski definition) is 2. The molecule has 2 rings (SSSR count). The van der Waals surface area contributed by atoms with Gasteiger partial charge < -0.3 is 10.2 Å². The van der Waals surface area contributed by atoms with E-state index in [1.807, 2.05) is 0 Å². The van der Waals surface area contributed by atoms with Gasteiger partial charge >= 0.3 is 0 Å². The second-order valence-electron chi connectivity index (χ2n) is 5.32. The van der Waals surface area contributed by atoms with E-state index < -0.39 is 0 Å². The summed E-state index contributed by atoms with van der Waals surface area (Å²) in [5, 5.41) is 3.70. The molecule has 2 nitrogen and oxygen atoms in total. The highest BCUT2D eigenvalue weighted by Crippen LogP contribution is 2.35. The molecular formula is C15H22Br2N2. The number of nitrogens with one attached hydrogen (secondary N) is 1. The first-order valence-electron chi connectivity index (χ1n) is 7.05. The van der Waals surface area contributed by atoms with E-state index in [0.29, 0.717) is 12.0 Å². The van der Waals surface area contributed by atoms with Crippen molar-refractivity contribution < 1.29 is 0 Å². The fourth-order valence-corrected chi connectivity index (χ4v) is 4.11. The summed E-state index contributed by atoms with van der Waals surface area (Å²) in [6.45, 7) is 7.93. The molecule has 1 saturated heterocycles. The van der Waals surface area contributed by atoms with Crippen LogP contribution in [0.3, 0.4) is 0 Å². The van der Waals surface area contributed by atoms with Crippen LogP contribution in [0.2, 0.25) is 0 Å². The van der Waals surface area contributed by atoms with Crippen LogP contribution in [-0.4, -0.2) is 25.7 Å². The van der Waals surface area contributed by atoms with Crippen LogP contribution in [0.15, 0.2) is 27.1 Å². The Hall–Kier alpha value is -0.0600. The maximum atomic E-state index is 3.70. The van der Waals surface area contributed by atoms with E-state index in [2.05, 4.69) is 74.1 Å². The van der Waals surface area contributed by atoms with Gasteiger partial charge in [-0.05, 0) is 62.9 Å². The van der Waals surface area contributed by atoms with Gasteiger partial charge in [0.15, 0.2) is 0 Å². The first-order chi connectivity index (χ1) is 9.13. The molecule has 19 heavy (non-hydrogen) atoms. The van der Waals surface area contributed by atoms with Crippen LogP contribution >= 0.6 is 31.9 Å². The van der Waals surface area contributed by atoms with E-state index in [9.17, 15) is 0 Å². The van der Waals surface area contributed by atoms with Gasteiger partial charge in [0.2, 0.25) is 0 Å². The average Bonchev–Trinajstić information content (AvgIpc) is 2.64. The van der Waals surface area contributed by atoms with Crippen LogP contribution in [0, 0.1) is 5.92 Å². The highest BCUT2D eigenvalue weighted by molar-refractivity contribution is 9.11. The van der Waals surface area contributed by atoms with Crippen molar-refractivity contribution in [2.45, 2.75) is 32.7 Å². The first-order valence-corrected chi connectivity index (χ1v) is 8.64. The molecule has 1 aliphatic rings. The fourth-order valence-electron chi connectivity index (χ4n) is 2.61. The minimum atomic E-state index is 0.575. The molecule has 1 aromatic carbocycles. The lowest BCUT2D eigenvalue weighted by molar-refractivity contribution is 0.384. The van der Waals surface area contributed by atoms with Gasteiger partial charge in [0.05, 0.1) is 5.69 Å². The Morgan fingerprint density at radius 2 is 2.05 bits per heavy atom. The number of anilines is 1. The molecule has 1 fully saturated rings. The molecule has 1 heterocycles. The van der Waals surface area contributed by atoms with Gasteiger partial charge in [0.25, 0.3) is 0 Å². The molecule has 0 spiro atoms. The number of para-hydroxylation sites is 1. The third kappa shape index (κ3) is 3.73. The minimum Gasteiger partial charge on any atom is -0.368 e. The Morgan fingerprint density at radius 1 is 1.37 bits per heavy atom. The van der Waals surface area contributed by atoms with Crippen molar-refractivity contribution in [3.63, 3.8) is 0 Å². The van der Waals surface area contributed by atoms with E-state index in [1.54, 1.807) is 0 Å². The van der Waals surface area contributed by atoms with E-state index >= 15 is 0 Å². The zero-order valence-electron chi connectivity index (χ0n) is 11.6. The zero-order valence-corrected chi connectivity index (χ0v) is 14.8. The quantitative estimate of drug-likeness (QED) is 0.822. The number of halogens is 2. The van der Waals surface area contributed by atoms with Crippen LogP contribution < -0.4 is 10.2 Å². The Kier molecular flexibility index (Phi) is 5.72. The second-order valence-corrected chi connectivity index (χ2v) is 7.02. The van der Waals surface area contributed by atoms with Crippen molar-refractivity contribution in [3.8, 4) is 0 Å². The Balaban J connectivity index is 2.23. The molecule has 1 aromatic rings. The van der Waals surface area contributed by atoms with Gasteiger partial charge in [-0.1, -0.05) is 26.3 Å². The van der Waals surface area contributed by atoms with Crippen molar-refractivity contribution in [2.75, 3.05) is 24.5 Å². The van der Waals surface area contributed by atoms with Crippen molar-refractivity contribution in [2.24, 2.45) is 5.92 Å². The standard InChI is InChI=1S/C15H22Br2N2/c1-3-11(2)14-10-19(9-5-8-18-14)15-12(16)6-4-7-13(15)17/h4,6-7,11,14,18H,3,5,8-10H2,1-2H3. The Bertz CT molecular complexity index is 402. The Labute approximate surface area is 133 Å². The normalized spacial score (nSPS) is 22.1. The summed E-state index contributed by atoms with van der Waals surface area (Å²) < 4.78 is 2.35. The molecule has 1 N–H and O–H groups in total. The van der Waals surface area contributed by atoms with Crippen LogP contribution in [-0.2, 0) is 0 Å². The predicted octanol–water partition coefficient (Wildman–Crippen LogP) is 4.43. The van der Waals surface area contributed by atoms with Crippen molar-refractivity contribution in [3.05, 3.63) is 27.1 Å². The maximum absolute atomic E-state index is 3.70. The van der Waals surface area contributed by atoms with Gasteiger partial charge in [-0.3, -0.25) is 0 Å². The topological polar surface area (TPSA) is 15.3 Å². The summed E-state index contributed by atoms with van der Waals surface area (Å²) in [7, 11) is 0. The predicted molar refractivity (Wildman–Crippen MR) is 89.9 cm³/mol. The maximum Gasteiger partial charge on any atom is 0.0655 e. The van der Waals surface area contributed by atoms with Gasteiger partial charge in [-0.25, -0.2) is 0 Å². The number of nitrogens with zero attached hydrogens (tertiary/aromatic N) is 1. The van der Waals surface area contributed by atoms with Crippen LogP contribution in [0.4, 0.5) is 5.69 Å². The average molecular weight is 390 g/mol. The Morgan fingerprint density at radius 3 is 2.68 bits per heavy atom.